The van der Waals surface area contributed by atoms with Gasteiger partial charge in [-0.2, -0.15) is 0 Å². The van der Waals surface area contributed by atoms with Crippen LogP contribution in [0.5, 0.6) is 0 Å². The topological polar surface area (TPSA) is 54.5 Å². The van der Waals surface area contributed by atoms with Crippen LogP contribution in [0.4, 0.5) is 0 Å². The van der Waals surface area contributed by atoms with Crippen LogP contribution in [0.15, 0.2) is 84.9 Å². The SMILES string of the molecule is [c]1nc(-c2ccc3ccccc3n2)c(-c2nc3ccccc3[nH]2)c2ccccc12. The van der Waals surface area contributed by atoms with Gasteiger partial charge in [0.2, 0.25) is 0 Å². The smallest absolute Gasteiger partial charge is 0.141 e. The van der Waals surface area contributed by atoms with Crippen molar-refractivity contribution < 1.29 is 0 Å². The van der Waals surface area contributed by atoms with E-state index in [2.05, 4.69) is 34.4 Å². The lowest BCUT2D eigenvalue weighted by Crippen LogP contribution is -1.95. The number of nitrogens with one attached hydrogen (secondary N) is 1. The van der Waals surface area contributed by atoms with Crippen molar-refractivity contribution in [1.29, 1.82) is 0 Å². The maximum atomic E-state index is 4.87. The molecular formula is C25H15N4. The third-order valence-corrected chi connectivity index (χ3v) is 5.19. The number of hydrogen-bond donors (Lipinski definition) is 1. The minimum Gasteiger partial charge on any atom is -0.338 e. The number of benzene rings is 3. The summed E-state index contributed by atoms with van der Waals surface area (Å²) in [7, 11) is 0. The van der Waals surface area contributed by atoms with Crippen molar-refractivity contribution in [3.8, 4) is 22.8 Å². The molecule has 0 saturated heterocycles. The van der Waals surface area contributed by atoms with Gasteiger partial charge in [0, 0.05) is 10.8 Å². The van der Waals surface area contributed by atoms with E-state index in [1.807, 2.05) is 66.7 Å². The normalized spacial score (nSPS) is 11.4. The number of fused-ring (bicyclic) bond motifs is 3. The molecular weight excluding hydrogens is 356 g/mol. The van der Waals surface area contributed by atoms with Crippen molar-refractivity contribution in [2.45, 2.75) is 0 Å². The second-order valence-electron chi connectivity index (χ2n) is 6.98. The minimum atomic E-state index is 0.772. The highest BCUT2D eigenvalue weighted by Crippen LogP contribution is 2.35. The Bertz CT molecular complexity index is 1480. The lowest BCUT2D eigenvalue weighted by molar-refractivity contribution is 1.26. The molecule has 6 rings (SSSR count). The fraction of sp³-hybridized carbons (Fsp3) is 0. The number of para-hydroxylation sites is 3. The summed E-state index contributed by atoms with van der Waals surface area (Å²) in [6.07, 6.45) is 3.18. The highest BCUT2D eigenvalue weighted by molar-refractivity contribution is 6.01. The molecule has 0 amide bonds. The van der Waals surface area contributed by atoms with Crippen molar-refractivity contribution in [3.05, 3.63) is 91.1 Å². The number of pyridine rings is 2. The van der Waals surface area contributed by atoms with E-state index >= 15 is 0 Å². The Labute approximate surface area is 166 Å². The van der Waals surface area contributed by atoms with Crippen LogP contribution in [-0.2, 0) is 0 Å². The van der Waals surface area contributed by atoms with Crippen molar-refractivity contribution in [2.75, 3.05) is 0 Å². The zero-order valence-electron chi connectivity index (χ0n) is 15.4. The molecule has 4 heteroatoms. The Morgan fingerprint density at radius 1 is 0.690 bits per heavy atom. The van der Waals surface area contributed by atoms with E-state index in [4.69, 9.17) is 9.97 Å². The van der Waals surface area contributed by atoms with Gasteiger partial charge in [-0.1, -0.05) is 60.7 Å². The number of H-pyrrole nitrogens is 1. The van der Waals surface area contributed by atoms with Gasteiger partial charge in [-0.25, -0.2) is 15.0 Å². The molecule has 0 fully saturated rings. The first kappa shape index (κ1) is 16.0. The van der Waals surface area contributed by atoms with Gasteiger partial charge in [0.15, 0.2) is 0 Å². The Balaban J connectivity index is 1.68. The standard InChI is InChI=1S/C25H15N4/c1-3-9-18-17(8-1)15-26-24(22-14-13-16-7-2-4-10-19(16)27-22)23(18)25-28-20-11-5-6-12-21(20)29-25/h1-14H,(H,28,29). The minimum absolute atomic E-state index is 0.772. The lowest BCUT2D eigenvalue weighted by atomic mass is 10.0. The van der Waals surface area contributed by atoms with Crippen LogP contribution in [0.2, 0.25) is 0 Å². The summed E-state index contributed by atoms with van der Waals surface area (Å²) >= 11 is 0. The molecule has 0 spiro atoms. The molecule has 135 valence electrons. The summed E-state index contributed by atoms with van der Waals surface area (Å²) in [6.45, 7) is 0. The van der Waals surface area contributed by atoms with E-state index in [0.29, 0.717) is 0 Å². The van der Waals surface area contributed by atoms with Gasteiger partial charge in [-0.15, -0.1) is 0 Å². The number of rotatable bonds is 2. The van der Waals surface area contributed by atoms with Gasteiger partial charge >= 0.3 is 0 Å². The Kier molecular flexibility index (Phi) is 3.43. The quantitative estimate of drug-likeness (QED) is 0.419. The molecule has 0 bridgehead atoms. The monoisotopic (exact) mass is 371 g/mol. The van der Waals surface area contributed by atoms with Gasteiger partial charge in [0.1, 0.15) is 11.5 Å². The predicted octanol–water partition coefficient (Wildman–Crippen LogP) is 5.79. The molecule has 0 saturated carbocycles. The fourth-order valence-electron chi connectivity index (χ4n) is 3.79. The Morgan fingerprint density at radius 3 is 2.41 bits per heavy atom. The van der Waals surface area contributed by atoms with Gasteiger partial charge in [0.25, 0.3) is 0 Å². The van der Waals surface area contributed by atoms with E-state index in [1.165, 1.54) is 0 Å². The first-order valence-electron chi connectivity index (χ1n) is 9.48. The van der Waals surface area contributed by atoms with Crippen LogP contribution in [-0.4, -0.2) is 19.9 Å². The molecule has 6 aromatic rings. The van der Waals surface area contributed by atoms with Crippen molar-refractivity contribution in [1.82, 2.24) is 19.9 Å². The van der Waals surface area contributed by atoms with E-state index in [-0.39, 0.29) is 0 Å². The molecule has 1 radical (unpaired) electrons. The first-order chi connectivity index (χ1) is 14.4. The summed E-state index contributed by atoms with van der Waals surface area (Å²) in [5.41, 5.74) is 5.39. The third kappa shape index (κ3) is 2.57. The van der Waals surface area contributed by atoms with Crippen LogP contribution < -0.4 is 0 Å². The van der Waals surface area contributed by atoms with E-state index < -0.39 is 0 Å². The molecule has 0 unspecified atom stereocenters. The Hall–Kier alpha value is -4.05. The fourth-order valence-corrected chi connectivity index (χ4v) is 3.79. The predicted molar refractivity (Wildman–Crippen MR) is 116 cm³/mol. The van der Waals surface area contributed by atoms with E-state index in [9.17, 15) is 0 Å². The van der Waals surface area contributed by atoms with Gasteiger partial charge < -0.3 is 4.98 Å². The summed E-state index contributed by atoms with van der Waals surface area (Å²) in [4.78, 5) is 17.9. The molecule has 0 atom stereocenters. The maximum Gasteiger partial charge on any atom is 0.141 e. The molecule has 0 aliphatic heterocycles. The average molecular weight is 371 g/mol. The molecule has 4 nitrogen and oxygen atoms in total. The molecule has 0 aliphatic rings. The zero-order valence-corrected chi connectivity index (χ0v) is 15.4. The highest BCUT2D eigenvalue weighted by Gasteiger charge is 2.18. The summed E-state index contributed by atoms with van der Waals surface area (Å²) < 4.78 is 0. The third-order valence-electron chi connectivity index (χ3n) is 5.19. The van der Waals surface area contributed by atoms with Crippen molar-refractivity contribution >= 4 is 32.7 Å². The zero-order chi connectivity index (χ0) is 19.2. The van der Waals surface area contributed by atoms with E-state index in [1.54, 1.807) is 0 Å². The molecule has 0 aliphatic carbocycles. The Morgan fingerprint density at radius 2 is 1.48 bits per heavy atom. The number of nitrogens with zero attached hydrogens (tertiary/aromatic N) is 3. The molecule has 3 aromatic carbocycles. The lowest BCUT2D eigenvalue weighted by Gasteiger charge is -2.10. The van der Waals surface area contributed by atoms with Crippen LogP contribution in [0, 0.1) is 6.20 Å². The second-order valence-corrected chi connectivity index (χ2v) is 6.98. The van der Waals surface area contributed by atoms with Crippen LogP contribution in [0.3, 0.4) is 0 Å². The molecule has 3 heterocycles. The summed E-state index contributed by atoms with van der Waals surface area (Å²) in [5, 5.41) is 3.10. The first-order valence-corrected chi connectivity index (χ1v) is 9.48. The van der Waals surface area contributed by atoms with Crippen LogP contribution in [0.25, 0.3) is 55.5 Å². The second kappa shape index (κ2) is 6.24. The van der Waals surface area contributed by atoms with Crippen molar-refractivity contribution in [3.63, 3.8) is 0 Å². The molecule has 3 aromatic heterocycles. The number of aromatic nitrogens is 4. The van der Waals surface area contributed by atoms with Gasteiger partial charge in [-0.05, 0) is 29.7 Å². The van der Waals surface area contributed by atoms with Crippen LogP contribution >= 0.6 is 0 Å². The van der Waals surface area contributed by atoms with Gasteiger partial charge in [-0.3, -0.25) is 0 Å². The van der Waals surface area contributed by atoms with Gasteiger partial charge in [0.05, 0.1) is 34.0 Å². The summed E-state index contributed by atoms with van der Waals surface area (Å²) in [5.74, 6) is 0.786. The van der Waals surface area contributed by atoms with Crippen molar-refractivity contribution in [2.24, 2.45) is 0 Å². The number of aromatic amines is 1. The summed E-state index contributed by atoms with van der Waals surface area (Å²) in [6, 6.07) is 28.4. The molecule has 1 N–H and O–H groups in total. The number of hydrogen-bond acceptors (Lipinski definition) is 3. The maximum absolute atomic E-state index is 4.87. The van der Waals surface area contributed by atoms with E-state index in [0.717, 1.165) is 55.5 Å². The largest absolute Gasteiger partial charge is 0.338 e. The molecule has 29 heavy (non-hydrogen) atoms. The average Bonchev–Trinajstić information content (AvgIpc) is 3.22. The number of imidazole rings is 1. The van der Waals surface area contributed by atoms with Crippen LogP contribution in [0.1, 0.15) is 0 Å². The highest BCUT2D eigenvalue weighted by atomic mass is 14.9.